The molecular formula is C15H25N3OS. The van der Waals surface area contributed by atoms with E-state index in [1.807, 2.05) is 6.92 Å². The Balaban J connectivity index is 2.08. The Labute approximate surface area is 125 Å². The summed E-state index contributed by atoms with van der Waals surface area (Å²) in [6.45, 7) is 9.50. The van der Waals surface area contributed by atoms with Gasteiger partial charge in [0.2, 0.25) is 5.91 Å². The molecule has 1 aliphatic rings. The number of piperidine rings is 1. The maximum atomic E-state index is 12.6. The number of carbonyl (C=O) groups is 1. The van der Waals surface area contributed by atoms with Gasteiger partial charge in [-0.1, -0.05) is 13.8 Å². The van der Waals surface area contributed by atoms with E-state index < -0.39 is 0 Å². The van der Waals surface area contributed by atoms with E-state index in [1.165, 1.54) is 6.42 Å². The van der Waals surface area contributed by atoms with Crippen LogP contribution in [-0.4, -0.2) is 46.9 Å². The van der Waals surface area contributed by atoms with Gasteiger partial charge in [0.05, 0.1) is 12.6 Å². The molecule has 1 aromatic heterocycles. The molecule has 1 atom stereocenters. The fraction of sp³-hybridized carbons (Fsp3) is 0.733. The zero-order chi connectivity index (χ0) is 14.5. The number of likely N-dealkylation sites (tertiary alicyclic amines) is 1. The third-order valence-corrected chi connectivity index (χ3v) is 5.06. The van der Waals surface area contributed by atoms with Crippen LogP contribution >= 0.6 is 11.3 Å². The van der Waals surface area contributed by atoms with Crippen molar-refractivity contribution in [2.24, 2.45) is 0 Å². The van der Waals surface area contributed by atoms with Gasteiger partial charge >= 0.3 is 0 Å². The number of amides is 1. The van der Waals surface area contributed by atoms with Crippen molar-refractivity contribution < 1.29 is 4.79 Å². The molecule has 0 bridgehead atoms. The smallest absolute Gasteiger partial charge is 0.237 e. The van der Waals surface area contributed by atoms with Crippen molar-refractivity contribution in [1.82, 2.24) is 14.8 Å². The molecule has 1 aromatic rings. The van der Waals surface area contributed by atoms with Crippen molar-refractivity contribution in [2.45, 2.75) is 46.1 Å². The average molecular weight is 295 g/mol. The van der Waals surface area contributed by atoms with E-state index in [1.54, 1.807) is 11.3 Å². The maximum absolute atomic E-state index is 12.6. The monoisotopic (exact) mass is 295 g/mol. The minimum atomic E-state index is 0.200. The van der Waals surface area contributed by atoms with Crippen molar-refractivity contribution in [1.29, 1.82) is 0 Å². The molecule has 1 saturated heterocycles. The first-order chi connectivity index (χ1) is 9.65. The van der Waals surface area contributed by atoms with Gasteiger partial charge in [0.25, 0.3) is 0 Å². The number of hydrogen-bond donors (Lipinski definition) is 0. The van der Waals surface area contributed by atoms with Crippen molar-refractivity contribution in [3.05, 3.63) is 16.1 Å². The zero-order valence-electron chi connectivity index (χ0n) is 12.8. The molecule has 0 saturated carbocycles. The highest BCUT2D eigenvalue weighted by molar-refractivity contribution is 7.09. The van der Waals surface area contributed by atoms with Crippen molar-refractivity contribution in [2.75, 3.05) is 26.2 Å². The van der Waals surface area contributed by atoms with E-state index >= 15 is 0 Å². The number of nitrogens with zero attached hydrogens (tertiary/aromatic N) is 3. The highest BCUT2D eigenvalue weighted by Gasteiger charge is 2.30. The summed E-state index contributed by atoms with van der Waals surface area (Å²) in [5.74, 6) is 0.256. The van der Waals surface area contributed by atoms with Crippen molar-refractivity contribution >= 4 is 17.2 Å². The molecule has 4 nitrogen and oxygen atoms in total. The Hall–Kier alpha value is -0.940. The molecule has 0 unspecified atom stereocenters. The lowest BCUT2D eigenvalue weighted by atomic mass is 10.0. The molecule has 2 rings (SSSR count). The van der Waals surface area contributed by atoms with Gasteiger partial charge in [-0.3, -0.25) is 9.69 Å². The van der Waals surface area contributed by atoms with Crippen molar-refractivity contribution in [3.63, 3.8) is 0 Å². The Morgan fingerprint density at radius 1 is 1.45 bits per heavy atom. The highest BCUT2D eigenvalue weighted by Crippen LogP contribution is 2.32. The molecule has 20 heavy (non-hydrogen) atoms. The first-order valence-corrected chi connectivity index (χ1v) is 8.47. The number of rotatable bonds is 5. The summed E-state index contributed by atoms with van der Waals surface area (Å²) in [6, 6.07) is 0.200. The number of carbonyl (C=O) groups excluding carboxylic acids is 1. The standard InChI is InChI=1S/C15H25N3OS/c1-4-17(5-2)10-14(19)18-9-7-6-8-13(18)15-16-12(3)11-20-15/h11,13H,4-10H2,1-3H3/t13-/m1/s1. The highest BCUT2D eigenvalue weighted by atomic mass is 32.1. The van der Waals surface area contributed by atoms with Crippen LogP contribution in [0.4, 0.5) is 0 Å². The van der Waals surface area contributed by atoms with Crippen LogP contribution in [0.15, 0.2) is 5.38 Å². The SMILES string of the molecule is CCN(CC)CC(=O)N1CCCC[C@@H]1c1nc(C)cs1. The van der Waals surface area contributed by atoms with Crippen LogP contribution in [0.25, 0.3) is 0 Å². The predicted molar refractivity (Wildman–Crippen MR) is 82.9 cm³/mol. The lowest BCUT2D eigenvalue weighted by Crippen LogP contribution is -2.44. The summed E-state index contributed by atoms with van der Waals surface area (Å²) in [4.78, 5) is 21.4. The van der Waals surface area contributed by atoms with E-state index in [9.17, 15) is 4.79 Å². The van der Waals surface area contributed by atoms with Crippen LogP contribution in [0.3, 0.4) is 0 Å². The fourth-order valence-corrected chi connectivity index (χ4v) is 3.68. The molecular weight excluding hydrogens is 270 g/mol. The summed E-state index contributed by atoms with van der Waals surface area (Å²) < 4.78 is 0. The molecule has 5 heteroatoms. The van der Waals surface area contributed by atoms with Gasteiger partial charge in [-0.2, -0.15) is 0 Å². The van der Waals surface area contributed by atoms with E-state index in [0.717, 1.165) is 43.2 Å². The molecule has 0 N–H and O–H groups in total. The van der Waals surface area contributed by atoms with E-state index in [0.29, 0.717) is 6.54 Å². The number of likely N-dealkylation sites (N-methyl/N-ethyl adjacent to an activating group) is 1. The Kier molecular flexibility index (Phi) is 5.54. The van der Waals surface area contributed by atoms with Gasteiger partial charge in [-0.05, 0) is 39.3 Å². The molecule has 0 aliphatic carbocycles. The van der Waals surface area contributed by atoms with Gasteiger partial charge in [0.15, 0.2) is 0 Å². The van der Waals surface area contributed by atoms with Gasteiger partial charge in [-0.25, -0.2) is 4.98 Å². The largest absolute Gasteiger partial charge is 0.332 e. The van der Waals surface area contributed by atoms with Gasteiger partial charge in [0, 0.05) is 17.6 Å². The average Bonchev–Trinajstić information content (AvgIpc) is 2.91. The maximum Gasteiger partial charge on any atom is 0.237 e. The molecule has 2 heterocycles. The van der Waals surface area contributed by atoms with Gasteiger partial charge < -0.3 is 4.90 Å². The quantitative estimate of drug-likeness (QED) is 0.838. The third kappa shape index (κ3) is 3.58. The summed E-state index contributed by atoms with van der Waals surface area (Å²) in [5, 5.41) is 3.19. The topological polar surface area (TPSA) is 36.4 Å². The zero-order valence-corrected chi connectivity index (χ0v) is 13.6. The molecule has 0 radical (unpaired) electrons. The number of thiazole rings is 1. The summed E-state index contributed by atoms with van der Waals surface area (Å²) in [5.41, 5.74) is 1.06. The third-order valence-electron chi connectivity index (χ3n) is 4.00. The minimum absolute atomic E-state index is 0.200. The van der Waals surface area contributed by atoms with Crippen LogP contribution in [0, 0.1) is 6.92 Å². The molecule has 0 aromatic carbocycles. The summed E-state index contributed by atoms with van der Waals surface area (Å²) in [7, 11) is 0. The van der Waals surface area contributed by atoms with Gasteiger partial charge in [0.1, 0.15) is 5.01 Å². The number of aryl methyl sites for hydroxylation is 1. The normalized spacial score (nSPS) is 19.6. The first kappa shape index (κ1) is 15.4. The Bertz CT molecular complexity index is 442. The summed E-state index contributed by atoms with van der Waals surface area (Å²) >= 11 is 1.69. The minimum Gasteiger partial charge on any atom is -0.332 e. The molecule has 112 valence electrons. The molecule has 1 fully saturated rings. The second-order valence-corrected chi connectivity index (χ2v) is 6.28. The fourth-order valence-electron chi connectivity index (χ4n) is 2.74. The lowest BCUT2D eigenvalue weighted by Gasteiger charge is -2.35. The number of aromatic nitrogens is 1. The molecule has 1 aliphatic heterocycles. The molecule has 0 spiro atoms. The van der Waals surface area contributed by atoms with E-state index in [-0.39, 0.29) is 11.9 Å². The second kappa shape index (κ2) is 7.18. The van der Waals surface area contributed by atoms with Crippen LogP contribution in [0.2, 0.25) is 0 Å². The second-order valence-electron chi connectivity index (χ2n) is 5.39. The van der Waals surface area contributed by atoms with Crippen LogP contribution in [0.1, 0.15) is 49.9 Å². The Morgan fingerprint density at radius 3 is 2.80 bits per heavy atom. The van der Waals surface area contributed by atoms with Gasteiger partial charge in [-0.15, -0.1) is 11.3 Å². The van der Waals surface area contributed by atoms with Crippen LogP contribution in [-0.2, 0) is 4.79 Å². The lowest BCUT2D eigenvalue weighted by molar-refractivity contribution is -0.136. The van der Waals surface area contributed by atoms with E-state index in [4.69, 9.17) is 0 Å². The molecule has 1 amide bonds. The first-order valence-electron chi connectivity index (χ1n) is 7.59. The number of hydrogen-bond acceptors (Lipinski definition) is 4. The predicted octanol–water partition coefficient (Wildman–Crippen LogP) is 2.85. The van der Waals surface area contributed by atoms with E-state index in [2.05, 4.69) is 34.0 Å². The van der Waals surface area contributed by atoms with Crippen molar-refractivity contribution in [3.8, 4) is 0 Å². The summed E-state index contributed by atoms with van der Waals surface area (Å²) in [6.07, 6.45) is 3.36. The Morgan fingerprint density at radius 2 is 2.20 bits per heavy atom. The van der Waals surface area contributed by atoms with Crippen LogP contribution in [0.5, 0.6) is 0 Å². The van der Waals surface area contributed by atoms with Crippen LogP contribution < -0.4 is 0 Å².